The Morgan fingerprint density at radius 1 is 0.741 bits per heavy atom. The summed E-state index contributed by atoms with van der Waals surface area (Å²) in [5.74, 6) is -1.32. The van der Waals surface area contributed by atoms with E-state index in [1.807, 2.05) is 0 Å². The Morgan fingerprint density at radius 2 is 1.26 bits per heavy atom. The van der Waals surface area contributed by atoms with Crippen molar-refractivity contribution in [1.29, 1.82) is 0 Å². The Bertz CT molecular complexity index is 1020. The van der Waals surface area contributed by atoms with Crippen molar-refractivity contribution in [2.75, 3.05) is 22.1 Å². The number of nitrogens with two attached hydrogens (primary N) is 2. The molecule has 0 fully saturated rings. The Morgan fingerprint density at radius 3 is 1.78 bits per heavy atom. The van der Waals surface area contributed by atoms with E-state index in [1.165, 1.54) is 18.2 Å². The quantitative estimate of drug-likeness (QED) is 0.455. The molecule has 0 unspecified atom stereocenters. The largest absolute Gasteiger partial charge is 0.507 e. The summed E-state index contributed by atoms with van der Waals surface area (Å²) >= 11 is 0. The van der Waals surface area contributed by atoms with Gasteiger partial charge in [-0.1, -0.05) is 24.3 Å². The highest BCUT2D eigenvalue weighted by Crippen LogP contribution is 2.24. The van der Waals surface area contributed by atoms with E-state index >= 15 is 0 Å². The van der Waals surface area contributed by atoms with E-state index in [9.17, 15) is 14.7 Å². The van der Waals surface area contributed by atoms with Gasteiger partial charge in [0, 0.05) is 5.56 Å². The maximum atomic E-state index is 12.4. The molecule has 27 heavy (non-hydrogen) atoms. The molecule has 0 atom stereocenters. The molecule has 7 N–H and O–H groups in total. The fourth-order valence-corrected chi connectivity index (χ4v) is 2.47. The van der Waals surface area contributed by atoms with E-state index in [2.05, 4.69) is 10.6 Å². The van der Waals surface area contributed by atoms with Crippen LogP contribution in [0, 0.1) is 0 Å². The minimum atomic E-state index is -0.537. The van der Waals surface area contributed by atoms with Gasteiger partial charge in [-0.25, -0.2) is 0 Å². The molecule has 3 aromatic carbocycles. The molecular formula is C20H18N4O3. The van der Waals surface area contributed by atoms with Gasteiger partial charge in [0.05, 0.1) is 28.3 Å². The number of nitrogen functional groups attached to an aromatic ring is 2. The summed E-state index contributed by atoms with van der Waals surface area (Å²) in [6, 6.07) is 17.6. The lowest BCUT2D eigenvalue weighted by atomic mass is 10.1. The van der Waals surface area contributed by atoms with Crippen LogP contribution in [0.3, 0.4) is 0 Å². The standard InChI is InChI=1S/C20H18N4O3/c21-14-5-1-3-7-16(14)23-19(26)12-9-10-13(18(25)11-12)20(27)24-17-8-4-2-6-15(17)22/h1-11,25H,21-22H2,(H,23,26)(H,24,27). The lowest BCUT2D eigenvalue weighted by molar-refractivity contribution is 0.101. The fraction of sp³-hybridized carbons (Fsp3) is 0. The van der Waals surface area contributed by atoms with E-state index < -0.39 is 11.8 Å². The van der Waals surface area contributed by atoms with Crippen LogP contribution < -0.4 is 22.1 Å². The number of phenols is 1. The Labute approximate surface area is 155 Å². The van der Waals surface area contributed by atoms with Crippen LogP contribution in [-0.2, 0) is 0 Å². The Hall–Kier alpha value is -4.00. The van der Waals surface area contributed by atoms with Crippen molar-refractivity contribution in [3.63, 3.8) is 0 Å². The van der Waals surface area contributed by atoms with E-state index in [0.717, 1.165) is 0 Å². The molecule has 0 aliphatic carbocycles. The zero-order chi connectivity index (χ0) is 19.4. The molecule has 0 spiro atoms. The van der Waals surface area contributed by atoms with E-state index in [1.54, 1.807) is 48.5 Å². The maximum Gasteiger partial charge on any atom is 0.259 e. The van der Waals surface area contributed by atoms with Crippen LogP contribution in [0.1, 0.15) is 20.7 Å². The van der Waals surface area contributed by atoms with Gasteiger partial charge in [0.25, 0.3) is 11.8 Å². The van der Waals surface area contributed by atoms with Gasteiger partial charge >= 0.3 is 0 Å². The third kappa shape index (κ3) is 3.98. The van der Waals surface area contributed by atoms with Crippen LogP contribution in [-0.4, -0.2) is 16.9 Å². The predicted molar refractivity (Wildman–Crippen MR) is 106 cm³/mol. The molecule has 0 saturated heterocycles. The second-order valence-corrected chi connectivity index (χ2v) is 5.81. The van der Waals surface area contributed by atoms with Gasteiger partial charge in [-0.3, -0.25) is 9.59 Å². The van der Waals surface area contributed by atoms with Gasteiger partial charge in [0.15, 0.2) is 0 Å². The third-order valence-electron chi connectivity index (χ3n) is 3.92. The Kier molecular flexibility index (Phi) is 4.94. The zero-order valence-corrected chi connectivity index (χ0v) is 14.3. The molecule has 0 aliphatic heterocycles. The second-order valence-electron chi connectivity index (χ2n) is 5.81. The molecule has 0 bridgehead atoms. The molecule has 0 saturated carbocycles. The minimum Gasteiger partial charge on any atom is -0.507 e. The number of hydrogen-bond donors (Lipinski definition) is 5. The van der Waals surface area contributed by atoms with E-state index in [0.29, 0.717) is 22.7 Å². The number of carbonyl (C=O) groups excluding carboxylic acids is 2. The summed E-state index contributed by atoms with van der Waals surface area (Å²) in [7, 11) is 0. The summed E-state index contributed by atoms with van der Waals surface area (Å²) in [5.41, 5.74) is 13.5. The maximum absolute atomic E-state index is 12.4. The monoisotopic (exact) mass is 362 g/mol. The van der Waals surface area contributed by atoms with Gasteiger partial charge in [-0.15, -0.1) is 0 Å². The number of rotatable bonds is 4. The van der Waals surface area contributed by atoms with Crippen LogP contribution in [0.5, 0.6) is 5.75 Å². The number of hydrogen-bond acceptors (Lipinski definition) is 5. The highest BCUT2D eigenvalue weighted by atomic mass is 16.3. The fourth-order valence-electron chi connectivity index (χ4n) is 2.47. The first-order chi connectivity index (χ1) is 13.0. The zero-order valence-electron chi connectivity index (χ0n) is 14.3. The van der Waals surface area contributed by atoms with Crippen molar-refractivity contribution in [3.05, 3.63) is 77.9 Å². The summed E-state index contributed by atoms with van der Waals surface area (Å²) in [6.07, 6.45) is 0. The summed E-state index contributed by atoms with van der Waals surface area (Å²) < 4.78 is 0. The molecule has 136 valence electrons. The van der Waals surface area contributed by atoms with Crippen molar-refractivity contribution in [3.8, 4) is 5.75 Å². The lowest BCUT2D eigenvalue weighted by Gasteiger charge is -2.11. The molecule has 0 aromatic heterocycles. The highest BCUT2D eigenvalue weighted by Gasteiger charge is 2.16. The smallest absolute Gasteiger partial charge is 0.259 e. The number of amides is 2. The van der Waals surface area contributed by atoms with E-state index in [4.69, 9.17) is 11.5 Å². The van der Waals surface area contributed by atoms with Crippen LogP contribution in [0.15, 0.2) is 66.7 Å². The molecule has 7 nitrogen and oxygen atoms in total. The average Bonchev–Trinajstić information content (AvgIpc) is 2.65. The van der Waals surface area contributed by atoms with Crippen molar-refractivity contribution in [2.24, 2.45) is 0 Å². The van der Waals surface area contributed by atoms with Crippen molar-refractivity contribution in [1.82, 2.24) is 0 Å². The Balaban J connectivity index is 1.77. The number of para-hydroxylation sites is 4. The first-order valence-corrected chi connectivity index (χ1v) is 8.10. The third-order valence-corrected chi connectivity index (χ3v) is 3.92. The van der Waals surface area contributed by atoms with Crippen LogP contribution in [0.4, 0.5) is 22.7 Å². The normalized spacial score (nSPS) is 10.2. The van der Waals surface area contributed by atoms with Crippen LogP contribution in [0.25, 0.3) is 0 Å². The summed E-state index contributed by atoms with van der Waals surface area (Å²) in [5, 5.41) is 15.5. The molecule has 0 radical (unpaired) electrons. The van der Waals surface area contributed by atoms with Crippen molar-refractivity contribution < 1.29 is 14.7 Å². The average molecular weight is 362 g/mol. The molecule has 3 rings (SSSR count). The topological polar surface area (TPSA) is 130 Å². The molecule has 3 aromatic rings. The molecule has 2 amide bonds. The molecule has 7 heteroatoms. The molecule has 0 heterocycles. The second kappa shape index (κ2) is 7.49. The number of carbonyl (C=O) groups is 2. The van der Waals surface area contributed by atoms with Gasteiger partial charge in [0.2, 0.25) is 0 Å². The summed E-state index contributed by atoms with van der Waals surface area (Å²) in [6.45, 7) is 0. The number of anilines is 4. The first-order valence-electron chi connectivity index (χ1n) is 8.10. The van der Waals surface area contributed by atoms with Gasteiger partial charge < -0.3 is 27.2 Å². The predicted octanol–water partition coefficient (Wildman–Crippen LogP) is 3.06. The van der Waals surface area contributed by atoms with Gasteiger partial charge in [-0.05, 0) is 42.5 Å². The minimum absolute atomic E-state index is 0.0222. The first kappa shape index (κ1) is 17.8. The highest BCUT2D eigenvalue weighted by molar-refractivity contribution is 6.10. The number of aromatic hydroxyl groups is 1. The number of phenolic OH excluding ortho intramolecular Hbond substituents is 1. The van der Waals surface area contributed by atoms with Gasteiger partial charge in [0.1, 0.15) is 5.75 Å². The lowest BCUT2D eigenvalue weighted by Crippen LogP contribution is -2.15. The SMILES string of the molecule is Nc1ccccc1NC(=O)c1ccc(C(=O)Nc2ccccc2N)c(O)c1. The van der Waals surface area contributed by atoms with Crippen LogP contribution in [0.2, 0.25) is 0 Å². The van der Waals surface area contributed by atoms with Crippen molar-refractivity contribution in [2.45, 2.75) is 0 Å². The van der Waals surface area contributed by atoms with Gasteiger partial charge in [-0.2, -0.15) is 0 Å². The van der Waals surface area contributed by atoms with E-state index in [-0.39, 0.29) is 16.9 Å². The molecule has 0 aliphatic rings. The number of benzene rings is 3. The number of nitrogens with one attached hydrogen (secondary N) is 2. The van der Waals surface area contributed by atoms with Crippen molar-refractivity contribution >= 4 is 34.6 Å². The summed E-state index contributed by atoms with van der Waals surface area (Å²) in [4.78, 5) is 24.7. The van der Waals surface area contributed by atoms with Crippen LogP contribution >= 0.6 is 0 Å². The molecular weight excluding hydrogens is 344 g/mol.